The largest absolute Gasteiger partial charge is 0.309 e. The standard InChI is InChI=1S/C61H43N5/c1-38-16-4-6-18-44(38)53-37-52(62-61(63-53)45-19-7-5-17-39(45)2)41-28-31-54(40(3)34-41)66-59-32-29-42(64-55-24-12-8-20-46(55)47-21-9-13-25-56(47)64)35-50(59)51-36-43(30-33-60(51)66)65-57-26-14-10-22-48(57)49-23-11-15-27-58(49)65/h4-37H,1-3H3. The van der Waals surface area contributed by atoms with Gasteiger partial charge in [-0.2, -0.15) is 0 Å². The van der Waals surface area contributed by atoms with Crippen LogP contribution in [0.3, 0.4) is 0 Å². The minimum absolute atomic E-state index is 0.728. The summed E-state index contributed by atoms with van der Waals surface area (Å²) in [5, 5.41) is 7.39. The average Bonchev–Trinajstić information content (AvgIpc) is 3.99. The summed E-state index contributed by atoms with van der Waals surface area (Å²) < 4.78 is 7.29. The molecule has 0 aliphatic rings. The fraction of sp³-hybridized carbons (Fsp3) is 0.0492. The van der Waals surface area contributed by atoms with Crippen LogP contribution in [0.25, 0.3) is 116 Å². The highest BCUT2D eigenvalue weighted by atomic mass is 15.0. The fourth-order valence-electron chi connectivity index (χ4n) is 10.5. The van der Waals surface area contributed by atoms with Crippen molar-refractivity contribution in [3.63, 3.8) is 0 Å². The minimum Gasteiger partial charge on any atom is -0.309 e. The van der Waals surface area contributed by atoms with Crippen molar-refractivity contribution in [2.24, 2.45) is 0 Å². The molecule has 0 fully saturated rings. The van der Waals surface area contributed by atoms with Gasteiger partial charge in [-0.25, -0.2) is 9.97 Å². The van der Waals surface area contributed by atoms with Crippen LogP contribution in [0.2, 0.25) is 0 Å². The summed E-state index contributed by atoms with van der Waals surface area (Å²) in [6, 6.07) is 74.7. The molecular formula is C61H43N5. The molecule has 9 aromatic carbocycles. The Bertz CT molecular complexity index is 3760. The first-order valence-electron chi connectivity index (χ1n) is 22.7. The molecule has 0 spiro atoms. The second kappa shape index (κ2) is 14.8. The molecule has 0 atom stereocenters. The van der Waals surface area contributed by atoms with Crippen LogP contribution in [-0.4, -0.2) is 23.7 Å². The van der Waals surface area contributed by atoms with Crippen molar-refractivity contribution in [2.75, 3.05) is 0 Å². The van der Waals surface area contributed by atoms with Crippen molar-refractivity contribution in [1.29, 1.82) is 0 Å². The Balaban J connectivity index is 1.03. The molecule has 4 heterocycles. The van der Waals surface area contributed by atoms with Crippen molar-refractivity contribution >= 4 is 65.4 Å². The lowest BCUT2D eigenvalue weighted by Crippen LogP contribution is -2.00. The van der Waals surface area contributed by atoms with Crippen LogP contribution in [-0.2, 0) is 0 Å². The molecule has 0 amide bonds. The maximum Gasteiger partial charge on any atom is 0.160 e. The molecule has 5 nitrogen and oxygen atoms in total. The number of nitrogens with zero attached hydrogens (tertiary/aromatic N) is 5. The van der Waals surface area contributed by atoms with Crippen LogP contribution in [0.4, 0.5) is 0 Å². The number of rotatable bonds is 6. The van der Waals surface area contributed by atoms with E-state index in [2.05, 4.69) is 241 Å². The molecule has 0 unspecified atom stereocenters. The zero-order chi connectivity index (χ0) is 44.0. The minimum atomic E-state index is 0.728. The molecular weight excluding hydrogens is 803 g/mol. The van der Waals surface area contributed by atoms with E-state index < -0.39 is 0 Å². The van der Waals surface area contributed by atoms with Gasteiger partial charge in [0.2, 0.25) is 0 Å². The fourth-order valence-corrected chi connectivity index (χ4v) is 10.5. The summed E-state index contributed by atoms with van der Waals surface area (Å²) in [5.74, 6) is 0.728. The monoisotopic (exact) mass is 845 g/mol. The molecule has 0 saturated carbocycles. The molecule has 312 valence electrons. The average molecular weight is 846 g/mol. The second-order valence-electron chi connectivity index (χ2n) is 17.6. The van der Waals surface area contributed by atoms with Crippen LogP contribution < -0.4 is 0 Å². The van der Waals surface area contributed by atoms with E-state index in [4.69, 9.17) is 9.97 Å². The van der Waals surface area contributed by atoms with Gasteiger partial charge < -0.3 is 13.7 Å². The predicted octanol–water partition coefficient (Wildman–Crippen LogP) is 15.7. The molecule has 4 aromatic heterocycles. The molecule has 0 radical (unpaired) electrons. The summed E-state index contributed by atoms with van der Waals surface area (Å²) in [6.45, 7) is 6.50. The number of para-hydroxylation sites is 4. The van der Waals surface area contributed by atoms with Crippen LogP contribution in [0, 0.1) is 20.8 Å². The lowest BCUT2D eigenvalue weighted by Gasteiger charge is -2.15. The third-order valence-electron chi connectivity index (χ3n) is 13.7. The van der Waals surface area contributed by atoms with Gasteiger partial charge in [-0.05, 0) is 116 Å². The van der Waals surface area contributed by atoms with E-state index in [-0.39, 0.29) is 0 Å². The first-order valence-corrected chi connectivity index (χ1v) is 22.7. The smallest absolute Gasteiger partial charge is 0.160 e. The Morgan fingerprint density at radius 3 is 1.21 bits per heavy atom. The van der Waals surface area contributed by atoms with Crippen LogP contribution >= 0.6 is 0 Å². The van der Waals surface area contributed by atoms with E-state index >= 15 is 0 Å². The van der Waals surface area contributed by atoms with Gasteiger partial charge in [0.1, 0.15) is 0 Å². The summed E-state index contributed by atoms with van der Waals surface area (Å²) in [7, 11) is 0. The first kappa shape index (κ1) is 38.0. The summed E-state index contributed by atoms with van der Waals surface area (Å²) >= 11 is 0. The zero-order valence-corrected chi connectivity index (χ0v) is 36.9. The zero-order valence-electron chi connectivity index (χ0n) is 36.9. The molecule has 0 aliphatic heterocycles. The van der Waals surface area contributed by atoms with E-state index in [1.807, 2.05) is 0 Å². The number of aromatic nitrogens is 5. The number of aryl methyl sites for hydroxylation is 3. The predicted molar refractivity (Wildman–Crippen MR) is 276 cm³/mol. The highest BCUT2D eigenvalue weighted by Gasteiger charge is 2.21. The van der Waals surface area contributed by atoms with E-state index in [0.29, 0.717) is 0 Å². The summed E-state index contributed by atoms with van der Waals surface area (Å²) in [4.78, 5) is 10.4. The lowest BCUT2D eigenvalue weighted by atomic mass is 10.0. The number of hydrogen-bond acceptors (Lipinski definition) is 2. The quantitative estimate of drug-likeness (QED) is 0.167. The first-order chi connectivity index (χ1) is 32.5. The lowest BCUT2D eigenvalue weighted by molar-refractivity contribution is 1.13. The summed E-state index contributed by atoms with van der Waals surface area (Å²) in [6.07, 6.45) is 0. The SMILES string of the molecule is Cc1ccccc1-c1cc(-c2ccc(-n3c4ccc(-n5c6ccccc6c6ccccc65)cc4c4cc(-n5c6ccccc6c6ccccc65)ccc43)c(C)c2)nc(-c2ccccc2C)n1. The molecule has 5 heteroatoms. The van der Waals surface area contributed by atoms with E-state index in [9.17, 15) is 0 Å². The Morgan fingerprint density at radius 2 is 0.727 bits per heavy atom. The molecule has 0 saturated heterocycles. The Kier molecular flexibility index (Phi) is 8.49. The molecule has 0 aliphatic carbocycles. The van der Waals surface area contributed by atoms with E-state index in [1.54, 1.807) is 0 Å². The van der Waals surface area contributed by atoms with Gasteiger partial charge in [-0.15, -0.1) is 0 Å². The maximum atomic E-state index is 5.26. The number of fused-ring (bicyclic) bond motifs is 9. The van der Waals surface area contributed by atoms with Crippen LogP contribution in [0.1, 0.15) is 16.7 Å². The Labute approximate surface area is 382 Å². The van der Waals surface area contributed by atoms with Gasteiger partial charge in [0.05, 0.1) is 44.5 Å². The highest BCUT2D eigenvalue weighted by Crippen LogP contribution is 2.41. The number of hydrogen-bond donors (Lipinski definition) is 0. The maximum absolute atomic E-state index is 5.26. The molecule has 0 bridgehead atoms. The van der Waals surface area contributed by atoms with E-state index in [0.717, 1.165) is 73.1 Å². The van der Waals surface area contributed by atoms with Gasteiger partial charge in [0.15, 0.2) is 5.82 Å². The van der Waals surface area contributed by atoms with Gasteiger partial charge in [0, 0.05) is 66.1 Å². The van der Waals surface area contributed by atoms with E-state index in [1.165, 1.54) is 59.9 Å². The topological polar surface area (TPSA) is 40.6 Å². The highest BCUT2D eigenvalue weighted by molar-refractivity contribution is 6.14. The van der Waals surface area contributed by atoms with Crippen molar-refractivity contribution in [3.05, 3.63) is 223 Å². The van der Waals surface area contributed by atoms with Gasteiger partial charge in [-0.1, -0.05) is 127 Å². The third kappa shape index (κ3) is 5.80. The normalized spacial score (nSPS) is 11.9. The van der Waals surface area contributed by atoms with Gasteiger partial charge in [-0.3, -0.25) is 0 Å². The van der Waals surface area contributed by atoms with Crippen molar-refractivity contribution in [1.82, 2.24) is 23.7 Å². The van der Waals surface area contributed by atoms with Gasteiger partial charge in [0.25, 0.3) is 0 Å². The third-order valence-corrected chi connectivity index (χ3v) is 13.7. The molecule has 13 rings (SSSR count). The molecule has 66 heavy (non-hydrogen) atoms. The van der Waals surface area contributed by atoms with Crippen molar-refractivity contribution in [3.8, 4) is 51.0 Å². The molecule has 13 aromatic rings. The molecule has 0 N–H and O–H groups in total. The second-order valence-corrected chi connectivity index (χ2v) is 17.6. The van der Waals surface area contributed by atoms with Crippen molar-refractivity contribution in [2.45, 2.75) is 20.8 Å². The van der Waals surface area contributed by atoms with Gasteiger partial charge >= 0.3 is 0 Å². The number of benzene rings is 9. The Hall–Kier alpha value is -8.54. The Morgan fingerprint density at radius 1 is 0.303 bits per heavy atom. The summed E-state index contributed by atoms with van der Waals surface area (Å²) in [5.41, 5.74) is 18.9. The van der Waals surface area contributed by atoms with Crippen LogP contribution in [0.15, 0.2) is 206 Å². The van der Waals surface area contributed by atoms with Crippen molar-refractivity contribution < 1.29 is 0 Å². The van der Waals surface area contributed by atoms with Crippen LogP contribution in [0.5, 0.6) is 0 Å².